The Bertz CT molecular complexity index is 542. The zero-order valence-corrected chi connectivity index (χ0v) is 12.2. The number of nitrogens with zero attached hydrogens (tertiary/aromatic N) is 1. The first-order chi connectivity index (χ1) is 9.20. The number of amides is 1. The molecule has 100 valence electrons. The molecule has 0 radical (unpaired) electrons. The molecule has 2 aromatic heterocycles. The van der Waals surface area contributed by atoms with E-state index in [1.807, 2.05) is 17.5 Å². The topological polar surface area (TPSA) is 42.0 Å². The van der Waals surface area contributed by atoms with E-state index in [4.69, 9.17) is 11.6 Å². The number of hydrogen-bond donors (Lipinski definition) is 1. The van der Waals surface area contributed by atoms with Crippen LogP contribution in [0.2, 0.25) is 5.15 Å². The third-order valence-corrected chi connectivity index (χ3v) is 3.91. The fraction of sp³-hybridized carbons (Fsp3) is 0.286. The number of pyridine rings is 1. The number of hydrogen-bond acceptors (Lipinski definition) is 3. The SMILES string of the molecule is CCCC(NC(=O)c1cccc(Cl)n1)c1cccs1. The van der Waals surface area contributed by atoms with Crippen molar-refractivity contribution in [3.63, 3.8) is 0 Å². The largest absolute Gasteiger partial charge is 0.343 e. The molecule has 0 bridgehead atoms. The summed E-state index contributed by atoms with van der Waals surface area (Å²) < 4.78 is 0. The van der Waals surface area contributed by atoms with Crippen LogP contribution < -0.4 is 5.32 Å². The van der Waals surface area contributed by atoms with E-state index in [9.17, 15) is 4.79 Å². The van der Waals surface area contributed by atoms with Crippen LogP contribution in [0.15, 0.2) is 35.7 Å². The minimum atomic E-state index is -0.186. The fourth-order valence-electron chi connectivity index (χ4n) is 1.83. The number of aromatic nitrogens is 1. The Morgan fingerprint density at radius 2 is 2.26 bits per heavy atom. The molecular weight excluding hydrogens is 280 g/mol. The van der Waals surface area contributed by atoms with Crippen molar-refractivity contribution < 1.29 is 4.79 Å². The minimum absolute atomic E-state index is 0.0401. The maximum absolute atomic E-state index is 12.1. The molecule has 1 unspecified atom stereocenters. The van der Waals surface area contributed by atoms with E-state index in [1.165, 1.54) is 0 Å². The molecule has 0 saturated heterocycles. The highest BCUT2D eigenvalue weighted by molar-refractivity contribution is 7.10. The number of halogens is 1. The molecule has 2 aromatic rings. The fourth-order valence-corrected chi connectivity index (χ4v) is 2.81. The first-order valence-corrected chi connectivity index (χ1v) is 7.43. The van der Waals surface area contributed by atoms with Gasteiger partial charge in [-0.2, -0.15) is 0 Å². The molecule has 2 heterocycles. The second-order valence-corrected chi connectivity index (χ2v) is 5.54. The van der Waals surface area contributed by atoms with Gasteiger partial charge in [0.2, 0.25) is 0 Å². The lowest BCUT2D eigenvalue weighted by molar-refractivity contribution is 0.0930. The Hall–Kier alpha value is -1.39. The Kier molecular flexibility index (Phi) is 4.93. The van der Waals surface area contributed by atoms with Gasteiger partial charge in [-0.05, 0) is 30.0 Å². The summed E-state index contributed by atoms with van der Waals surface area (Å²) in [6.45, 7) is 2.10. The summed E-state index contributed by atoms with van der Waals surface area (Å²) in [5.41, 5.74) is 0.352. The molecule has 5 heteroatoms. The molecule has 0 saturated carbocycles. The van der Waals surface area contributed by atoms with Crippen molar-refractivity contribution in [2.45, 2.75) is 25.8 Å². The molecule has 0 aromatic carbocycles. The van der Waals surface area contributed by atoms with Crippen LogP contribution in [0, 0.1) is 0 Å². The van der Waals surface area contributed by atoms with Crippen molar-refractivity contribution in [3.8, 4) is 0 Å². The first-order valence-electron chi connectivity index (χ1n) is 6.17. The van der Waals surface area contributed by atoms with Gasteiger partial charge in [0.25, 0.3) is 5.91 Å². The van der Waals surface area contributed by atoms with E-state index in [1.54, 1.807) is 29.5 Å². The van der Waals surface area contributed by atoms with Gasteiger partial charge in [0.1, 0.15) is 10.8 Å². The third-order valence-electron chi connectivity index (χ3n) is 2.72. The molecule has 0 spiro atoms. The second-order valence-electron chi connectivity index (χ2n) is 4.18. The van der Waals surface area contributed by atoms with Crippen LogP contribution in [0.5, 0.6) is 0 Å². The van der Waals surface area contributed by atoms with Crippen LogP contribution in [0.1, 0.15) is 41.2 Å². The van der Waals surface area contributed by atoms with Crippen LogP contribution in [-0.2, 0) is 0 Å². The van der Waals surface area contributed by atoms with E-state index < -0.39 is 0 Å². The summed E-state index contributed by atoms with van der Waals surface area (Å²) in [4.78, 5) is 17.3. The van der Waals surface area contributed by atoms with Gasteiger partial charge in [-0.25, -0.2) is 4.98 Å². The van der Waals surface area contributed by atoms with Crippen molar-refractivity contribution in [2.75, 3.05) is 0 Å². The predicted molar refractivity (Wildman–Crippen MR) is 78.7 cm³/mol. The summed E-state index contributed by atoms with van der Waals surface area (Å²) >= 11 is 7.45. The highest BCUT2D eigenvalue weighted by atomic mass is 35.5. The highest BCUT2D eigenvalue weighted by Gasteiger charge is 2.16. The van der Waals surface area contributed by atoms with E-state index in [2.05, 4.69) is 17.2 Å². The Morgan fingerprint density at radius 3 is 2.89 bits per heavy atom. The summed E-state index contributed by atoms with van der Waals surface area (Å²) in [7, 11) is 0. The second kappa shape index (κ2) is 6.68. The maximum atomic E-state index is 12.1. The molecule has 0 aliphatic carbocycles. The van der Waals surface area contributed by atoms with Gasteiger partial charge in [-0.3, -0.25) is 4.79 Å². The average Bonchev–Trinajstić information content (AvgIpc) is 2.92. The number of nitrogens with one attached hydrogen (secondary N) is 1. The van der Waals surface area contributed by atoms with Gasteiger partial charge >= 0.3 is 0 Å². The first kappa shape index (κ1) is 14.0. The molecule has 3 nitrogen and oxygen atoms in total. The van der Waals surface area contributed by atoms with Crippen LogP contribution in [0.25, 0.3) is 0 Å². The van der Waals surface area contributed by atoms with Gasteiger partial charge in [0, 0.05) is 4.88 Å². The molecule has 0 aliphatic rings. The molecule has 0 aliphatic heterocycles. The smallest absolute Gasteiger partial charge is 0.270 e. The molecule has 1 atom stereocenters. The van der Waals surface area contributed by atoms with E-state index in [0.717, 1.165) is 17.7 Å². The van der Waals surface area contributed by atoms with Crippen LogP contribution in [-0.4, -0.2) is 10.9 Å². The van der Waals surface area contributed by atoms with Gasteiger partial charge in [0.15, 0.2) is 0 Å². The molecular formula is C14H15ClN2OS. The zero-order chi connectivity index (χ0) is 13.7. The number of carbonyl (C=O) groups is 1. The van der Waals surface area contributed by atoms with Gasteiger partial charge in [-0.15, -0.1) is 11.3 Å². The maximum Gasteiger partial charge on any atom is 0.270 e. The van der Waals surface area contributed by atoms with Gasteiger partial charge < -0.3 is 5.32 Å². The highest BCUT2D eigenvalue weighted by Crippen LogP contribution is 2.23. The molecule has 0 fully saturated rings. The Morgan fingerprint density at radius 1 is 1.42 bits per heavy atom. The zero-order valence-electron chi connectivity index (χ0n) is 10.6. The van der Waals surface area contributed by atoms with Gasteiger partial charge in [-0.1, -0.05) is 37.1 Å². The normalized spacial score (nSPS) is 12.1. The van der Waals surface area contributed by atoms with E-state index in [0.29, 0.717) is 10.8 Å². The summed E-state index contributed by atoms with van der Waals surface area (Å²) in [6, 6.07) is 9.12. The van der Waals surface area contributed by atoms with Crippen molar-refractivity contribution in [2.24, 2.45) is 0 Å². The summed E-state index contributed by atoms with van der Waals surface area (Å²) in [5, 5.41) is 5.36. The van der Waals surface area contributed by atoms with E-state index >= 15 is 0 Å². The van der Waals surface area contributed by atoms with Crippen LogP contribution >= 0.6 is 22.9 Å². The van der Waals surface area contributed by atoms with E-state index in [-0.39, 0.29) is 11.9 Å². The molecule has 19 heavy (non-hydrogen) atoms. The van der Waals surface area contributed by atoms with Crippen molar-refractivity contribution >= 4 is 28.8 Å². The number of carbonyl (C=O) groups excluding carboxylic acids is 1. The number of rotatable bonds is 5. The van der Waals surface area contributed by atoms with Crippen LogP contribution in [0.3, 0.4) is 0 Å². The standard InChI is InChI=1S/C14H15ClN2OS/c1-2-5-10(12-7-4-9-19-12)17-14(18)11-6-3-8-13(15)16-11/h3-4,6-10H,2,5H2,1H3,(H,17,18). The van der Waals surface area contributed by atoms with Crippen LogP contribution in [0.4, 0.5) is 0 Å². The lowest BCUT2D eigenvalue weighted by Gasteiger charge is -2.16. The van der Waals surface area contributed by atoms with Gasteiger partial charge in [0.05, 0.1) is 6.04 Å². The average molecular weight is 295 g/mol. The number of thiophene rings is 1. The minimum Gasteiger partial charge on any atom is -0.343 e. The van der Waals surface area contributed by atoms with Crippen molar-refractivity contribution in [1.82, 2.24) is 10.3 Å². The summed E-state index contributed by atoms with van der Waals surface area (Å²) in [5.74, 6) is -0.186. The quantitative estimate of drug-likeness (QED) is 0.845. The lowest BCUT2D eigenvalue weighted by Crippen LogP contribution is -2.28. The van der Waals surface area contributed by atoms with Crippen molar-refractivity contribution in [3.05, 3.63) is 51.4 Å². The lowest BCUT2D eigenvalue weighted by atomic mass is 10.1. The third kappa shape index (κ3) is 3.78. The monoisotopic (exact) mass is 294 g/mol. The Balaban J connectivity index is 2.11. The van der Waals surface area contributed by atoms with Crippen molar-refractivity contribution in [1.29, 1.82) is 0 Å². The molecule has 1 N–H and O–H groups in total. The summed E-state index contributed by atoms with van der Waals surface area (Å²) in [6.07, 6.45) is 1.92. The predicted octanol–water partition coefficient (Wildman–Crippen LogP) is 4.07. The molecule has 2 rings (SSSR count). The molecule has 1 amide bonds. The Labute approximate surface area is 121 Å².